The first kappa shape index (κ1) is 15.5. The maximum atomic E-state index is 12.2. The number of rotatable bonds is 2. The Morgan fingerprint density at radius 1 is 1.38 bits per heavy atom. The van der Waals surface area contributed by atoms with Crippen LogP contribution in [0, 0.1) is 0 Å². The molecule has 2 heterocycles. The largest absolute Gasteiger partial charge is 0.376 e. The Labute approximate surface area is 124 Å². The molecule has 1 aromatic rings. The highest BCUT2D eigenvalue weighted by Gasteiger charge is 2.30. The zero-order chi connectivity index (χ0) is 15.6. The van der Waals surface area contributed by atoms with E-state index in [0.717, 1.165) is 17.0 Å². The van der Waals surface area contributed by atoms with Crippen LogP contribution in [0.5, 0.6) is 0 Å². The summed E-state index contributed by atoms with van der Waals surface area (Å²) in [5.74, 6) is -0.247. The van der Waals surface area contributed by atoms with Gasteiger partial charge in [-0.05, 0) is 0 Å². The van der Waals surface area contributed by atoms with E-state index in [1.807, 2.05) is 0 Å². The van der Waals surface area contributed by atoms with Crippen molar-refractivity contribution in [2.45, 2.75) is 39.2 Å². The molecule has 7 heteroatoms. The summed E-state index contributed by atoms with van der Waals surface area (Å²) >= 11 is 0. The Morgan fingerprint density at radius 3 is 2.71 bits per heavy atom. The highest BCUT2D eigenvalue weighted by atomic mass is 16.5. The summed E-state index contributed by atoms with van der Waals surface area (Å²) < 4.78 is 6.87. The molecule has 1 aliphatic heterocycles. The van der Waals surface area contributed by atoms with Crippen molar-refractivity contribution in [3.63, 3.8) is 0 Å². The molecule has 7 nitrogen and oxygen atoms in total. The van der Waals surface area contributed by atoms with Crippen LogP contribution in [-0.4, -0.2) is 41.9 Å². The monoisotopic (exact) mass is 294 g/mol. The summed E-state index contributed by atoms with van der Waals surface area (Å²) in [5.41, 5.74) is 2.56. The van der Waals surface area contributed by atoms with Crippen molar-refractivity contribution in [2.24, 2.45) is 0 Å². The van der Waals surface area contributed by atoms with E-state index in [4.69, 9.17) is 4.74 Å². The van der Waals surface area contributed by atoms with E-state index in [0.29, 0.717) is 19.6 Å². The van der Waals surface area contributed by atoms with Gasteiger partial charge in [0, 0.05) is 24.4 Å². The van der Waals surface area contributed by atoms with E-state index in [9.17, 15) is 9.59 Å². The third-order valence-electron chi connectivity index (χ3n) is 3.40. The molecule has 116 valence electrons. The molecule has 0 bridgehead atoms. The molecule has 1 aromatic heterocycles. The van der Waals surface area contributed by atoms with Gasteiger partial charge in [0.1, 0.15) is 0 Å². The Balaban J connectivity index is 2.29. The standard InChI is InChI=1S/C14H22N4O3/c1-14(2,3)12-9-8-21-6-5-10(9)18(17-12)13(20)16-7-11(19)15-4/h5-8H2,1-4H3,(H,15,19)(H,16,20). The summed E-state index contributed by atoms with van der Waals surface area (Å²) in [6.07, 6.45) is 0.645. The minimum absolute atomic E-state index is 0.0642. The Kier molecular flexibility index (Phi) is 4.32. The van der Waals surface area contributed by atoms with Crippen molar-refractivity contribution >= 4 is 11.9 Å². The molecule has 2 rings (SSSR count). The van der Waals surface area contributed by atoms with Gasteiger partial charge in [0.25, 0.3) is 0 Å². The van der Waals surface area contributed by atoms with Gasteiger partial charge in [0.05, 0.1) is 31.1 Å². The predicted molar refractivity (Wildman–Crippen MR) is 77.2 cm³/mol. The second-order valence-corrected chi connectivity index (χ2v) is 6.07. The number of ether oxygens (including phenoxy) is 1. The summed E-state index contributed by atoms with van der Waals surface area (Å²) in [7, 11) is 1.53. The number of fused-ring (bicyclic) bond motifs is 1. The minimum atomic E-state index is -0.382. The number of aromatic nitrogens is 2. The second kappa shape index (κ2) is 5.85. The van der Waals surface area contributed by atoms with Crippen molar-refractivity contribution in [2.75, 3.05) is 20.2 Å². The number of carbonyl (C=O) groups is 2. The van der Waals surface area contributed by atoms with Gasteiger partial charge in [-0.2, -0.15) is 9.78 Å². The molecule has 0 aliphatic carbocycles. The quantitative estimate of drug-likeness (QED) is 0.834. The van der Waals surface area contributed by atoms with Crippen LogP contribution in [-0.2, 0) is 28.0 Å². The van der Waals surface area contributed by atoms with Gasteiger partial charge in [-0.3, -0.25) is 4.79 Å². The SMILES string of the molecule is CNC(=O)CNC(=O)n1nc(C(C)(C)C)c2c1CCOC2. The number of hydrogen-bond donors (Lipinski definition) is 2. The van der Waals surface area contributed by atoms with Crippen molar-refractivity contribution in [1.82, 2.24) is 20.4 Å². The number of likely N-dealkylation sites (N-methyl/N-ethyl adjacent to an activating group) is 1. The number of amides is 2. The average molecular weight is 294 g/mol. The first-order valence-corrected chi connectivity index (χ1v) is 7.02. The van der Waals surface area contributed by atoms with Crippen molar-refractivity contribution in [3.05, 3.63) is 17.0 Å². The zero-order valence-corrected chi connectivity index (χ0v) is 12.9. The smallest absolute Gasteiger partial charge is 0.342 e. The van der Waals surface area contributed by atoms with E-state index < -0.39 is 0 Å². The number of carbonyl (C=O) groups excluding carboxylic acids is 2. The third kappa shape index (κ3) is 3.24. The van der Waals surface area contributed by atoms with Gasteiger partial charge in [0.15, 0.2) is 0 Å². The van der Waals surface area contributed by atoms with E-state index in [-0.39, 0.29) is 23.9 Å². The lowest BCUT2D eigenvalue weighted by atomic mass is 9.88. The molecular formula is C14H22N4O3. The first-order valence-electron chi connectivity index (χ1n) is 7.02. The van der Waals surface area contributed by atoms with Crippen LogP contribution in [0.2, 0.25) is 0 Å². The Hall–Kier alpha value is -1.89. The molecule has 1 aliphatic rings. The van der Waals surface area contributed by atoms with Gasteiger partial charge in [-0.1, -0.05) is 20.8 Å². The van der Waals surface area contributed by atoms with E-state index in [2.05, 4.69) is 36.5 Å². The molecule has 0 aromatic carbocycles. The van der Waals surface area contributed by atoms with E-state index in [1.165, 1.54) is 11.7 Å². The summed E-state index contributed by atoms with van der Waals surface area (Å²) in [4.78, 5) is 23.5. The summed E-state index contributed by atoms with van der Waals surface area (Å²) in [6, 6.07) is -0.382. The Bertz CT molecular complexity index is 557. The molecule has 0 saturated heterocycles. The van der Waals surface area contributed by atoms with Crippen LogP contribution < -0.4 is 10.6 Å². The fraction of sp³-hybridized carbons (Fsp3) is 0.643. The lowest BCUT2D eigenvalue weighted by Crippen LogP contribution is -2.38. The van der Waals surface area contributed by atoms with Crippen LogP contribution in [0.1, 0.15) is 37.7 Å². The molecule has 21 heavy (non-hydrogen) atoms. The molecule has 0 unspecified atom stereocenters. The van der Waals surface area contributed by atoms with E-state index >= 15 is 0 Å². The molecule has 0 spiro atoms. The van der Waals surface area contributed by atoms with Gasteiger partial charge in [0.2, 0.25) is 5.91 Å². The first-order chi connectivity index (χ1) is 9.84. The fourth-order valence-electron chi connectivity index (χ4n) is 2.33. The highest BCUT2D eigenvalue weighted by Crippen LogP contribution is 2.30. The van der Waals surface area contributed by atoms with Gasteiger partial charge in [-0.15, -0.1) is 0 Å². The molecule has 0 atom stereocenters. The lowest BCUT2D eigenvalue weighted by molar-refractivity contribution is -0.119. The van der Waals surface area contributed by atoms with E-state index in [1.54, 1.807) is 0 Å². The van der Waals surface area contributed by atoms with Crippen molar-refractivity contribution in [1.29, 1.82) is 0 Å². The third-order valence-corrected chi connectivity index (χ3v) is 3.40. The minimum Gasteiger partial charge on any atom is -0.376 e. The lowest BCUT2D eigenvalue weighted by Gasteiger charge is -2.19. The highest BCUT2D eigenvalue weighted by molar-refractivity contribution is 5.84. The molecule has 0 fully saturated rings. The summed E-state index contributed by atoms with van der Waals surface area (Å²) in [6.45, 7) is 7.14. The van der Waals surface area contributed by atoms with Crippen molar-refractivity contribution < 1.29 is 14.3 Å². The fourth-order valence-corrected chi connectivity index (χ4v) is 2.33. The van der Waals surface area contributed by atoms with Crippen molar-refractivity contribution in [3.8, 4) is 0 Å². The molecule has 2 N–H and O–H groups in total. The normalized spacial score (nSPS) is 14.5. The van der Waals surface area contributed by atoms with Gasteiger partial charge < -0.3 is 15.4 Å². The summed E-state index contributed by atoms with van der Waals surface area (Å²) in [5, 5.41) is 9.49. The number of nitrogens with one attached hydrogen (secondary N) is 2. The molecular weight excluding hydrogens is 272 g/mol. The molecule has 2 amide bonds. The predicted octanol–water partition coefficient (Wildman–Crippen LogP) is 0.557. The maximum Gasteiger partial charge on any atom is 0.342 e. The van der Waals surface area contributed by atoms with Gasteiger partial charge >= 0.3 is 6.03 Å². The van der Waals surface area contributed by atoms with Gasteiger partial charge in [-0.25, -0.2) is 4.79 Å². The number of hydrogen-bond acceptors (Lipinski definition) is 4. The Morgan fingerprint density at radius 2 is 2.10 bits per heavy atom. The molecule has 0 radical (unpaired) electrons. The second-order valence-electron chi connectivity index (χ2n) is 6.07. The van der Waals surface area contributed by atoms with Crippen LogP contribution in [0.3, 0.4) is 0 Å². The zero-order valence-electron chi connectivity index (χ0n) is 12.9. The van der Waals surface area contributed by atoms with Crippen LogP contribution in [0.15, 0.2) is 0 Å². The topological polar surface area (TPSA) is 85.3 Å². The average Bonchev–Trinajstić information content (AvgIpc) is 2.84. The van der Waals surface area contributed by atoms with Crippen LogP contribution in [0.25, 0.3) is 0 Å². The maximum absolute atomic E-state index is 12.2. The number of nitrogens with zero attached hydrogens (tertiary/aromatic N) is 2. The van der Waals surface area contributed by atoms with Crippen LogP contribution >= 0.6 is 0 Å². The molecule has 0 saturated carbocycles. The van der Waals surface area contributed by atoms with Crippen LogP contribution in [0.4, 0.5) is 4.79 Å².